The van der Waals surface area contributed by atoms with Crippen LogP contribution in [-0.4, -0.2) is 29.6 Å². The van der Waals surface area contributed by atoms with Crippen molar-refractivity contribution in [2.75, 3.05) is 6.61 Å². The number of hydrogen-bond donors (Lipinski definition) is 0. The van der Waals surface area contributed by atoms with Gasteiger partial charge in [0, 0.05) is 18.1 Å². The highest BCUT2D eigenvalue weighted by molar-refractivity contribution is 5.90. The van der Waals surface area contributed by atoms with Gasteiger partial charge < -0.3 is 9.47 Å². The van der Waals surface area contributed by atoms with Crippen molar-refractivity contribution in [1.82, 2.24) is 0 Å². The van der Waals surface area contributed by atoms with Crippen molar-refractivity contribution in [2.24, 2.45) is 17.8 Å². The van der Waals surface area contributed by atoms with Gasteiger partial charge in [-0.25, -0.2) is 4.79 Å². The van der Waals surface area contributed by atoms with E-state index in [0.29, 0.717) is 6.61 Å². The third-order valence-corrected chi connectivity index (χ3v) is 4.57. The number of carbonyl (C=O) groups is 2. The van der Waals surface area contributed by atoms with E-state index in [-0.39, 0.29) is 41.1 Å². The topological polar surface area (TPSA) is 95.7 Å². The first kappa shape index (κ1) is 15.5. The number of fused-ring (bicyclic) bond motifs is 1. The lowest BCUT2D eigenvalue weighted by atomic mass is 10.1. The van der Waals surface area contributed by atoms with Crippen molar-refractivity contribution in [3.63, 3.8) is 0 Å². The molecule has 2 saturated carbocycles. The lowest BCUT2D eigenvalue weighted by Gasteiger charge is -2.15. The van der Waals surface area contributed by atoms with Gasteiger partial charge in [0.2, 0.25) is 0 Å². The third kappa shape index (κ3) is 2.91. The predicted molar refractivity (Wildman–Crippen MR) is 78.6 cm³/mol. The Bertz CT molecular complexity index is 640. The van der Waals surface area contributed by atoms with Crippen LogP contribution in [0.4, 0.5) is 5.69 Å². The van der Waals surface area contributed by atoms with E-state index in [1.54, 1.807) is 6.92 Å². The molecule has 2 unspecified atom stereocenters. The Morgan fingerprint density at radius 2 is 1.96 bits per heavy atom. The summed E-state index contributed by atoms with van der Waals surface area (Å²) in [6.07, 6.45) is 1.31. The van der Waals surface area contributed by atoms with Crippen LogP contribution in [0.5, 0.6) is 0 Å². The first-order valence-corrected chi connectivity index (χ1v) is 7.65. The monoisotopic (exact) mass is 319 g/mol. The number of carbonyl (C=O) groups excluding carboxylic acids is 2. The van der Waals surface area contributed by atoms with Gasteiger partial charge in [-0.2, -0.15) is 0 Å². The molecule has 0 amide bonds. The zero-order valence-corrected chi connectivity index (χ0v) is 12.6. The molecule has 0 aromatic heterocycles. The Morgan fingerprint density at radius 3 is 2.57 bits per heavy atom. The molecule has 0 spiro atoms. The van der Waals surface area contributed by atoms with Crippen LogP contribution in [0.25, 0.3) is 0 Å². The highest BCUT2D eigenvalue weighted by atomic mass is 16.6. The number of nitro benzene ring substituents is 1. The summed E-state index contributed by atoms with van der Waals surface area (Å²) in [5.74, 6) is -0.572. The fourth-order valence-corrected chi connectivity index (χ4v) is 3.46. The molecule has 122 valence electrons. The quantitative estimate of drug-likeness (QED) is 0.469. The molecule has 0 radical (unpaired) electrons. The first-order valence-electron chi connectivity index (χ1n) is 7.65. The van der Waals surface area contributed by atoms with Crippen molar-refractivity contribution in [1.29, 1.82) is 0 Å². The molecule has 2 fully saturated rings. The highest BCUT2D eigenvalue weighted by Crippen LogP contribution is 2.59. The standard InChI is InChI=1S/C16H17NO6/c1-2-22-16(19)14-11-7-8-12(13(11)14)23-15(18)9-3-5-10(6-4-9)17(20)21/h3-6,11-14H,2,7-8H2,1H3/t11?,12-,13-,14?/m1/s1. The predicted octanol–water partition coefficient (Wildman–Crippen LogP) is 2.34. The zero-order chi connectivity index (χ0) is 16.6. The average molecular weight is 319 g/mol. The normalized spacial score (nSPS) is 27.9. The van der Waals surface area contributed by atoms with Gasteiger partial charge in [-0.15, -0.1) is 0 Å². The number of esters is 2. The number of nitrogens with zero attached hydrogens (tertiary/aromatic N) is 1. The Balaban J connectivity index is 1.60. The second kappa shape index (κ2) is 5.98. The Hall–Kier alpha value is -2.44. The van der Waals surface area contributed by atoms with Gasteiger partial charge in [-0.05, 0) is 37.8 Å². The van der Waals surface area contributed by atoms with Crippen LogP contribution in [-0.2, 0) is 14.3 Å². The Kier molecular flexibility index (Phi) is 4.02. The van der Waals surface area contributed by atoms with Crippen LogP contribution in [0.3, 0.4) is 0 Å². The lowest BCUT2D eigenvalue weighted by Crippen LogP contribution is -2.22. The van der Waals surface area contributed by atoms with Crippen molar-refractivity contribution in [3.05, 3.63) is 39.9 Å². The molecular weight excluding hydrogens is 302 g/mol. The summed E-state index contributed by atoms with van der Waals surface area (Å²) in [6, 6.07) is 5.30. The fourth-order valence-electron chi connectivity index (χ4n) is 3.46. The third-order valence-electron chi connectivity index (χ3n) is 4.57. The summed E-state index contributed by atoms with van der Waals surface area (Å²) in [4.78, 5) is 34.0. The second-order valence-corrected chi connectivity index (χ2v) is 5.84. The van der Waals surface area contributed by atoms with Crippen LogP contribution in [0.1, 0.15) is 30.1 Å². The van der Waals surface area contributed by atoms with Gasteiger partial charge >= 0.3 is 11.9 Å². The molecule has 7 heteroatoms. The van der Waals surface area contributed by atoms with E-state index in [2.05, 4.69) is 0 Å². The molecule has 0 heterocycles. The maximum atomic E-state index is 12.1. The largest absolute Gasteiger partial charge is 0.466 e. The van der Waals surface area contributed by atoms with E-state index in [1.165, 1.54) is 24.3 Å². The van der Waals surface area contributed by atoms with Crippen molar-refractivity contribution < 1.29 is 24.0 Å². The minimum Gasteiger partial charge on any atom is -0.466 e. The molecule has 0 bridgehead atoms. The summed E-state index contributed by atoms with van der Waals surface area (Å²) < 4.78 is 10.5. The molecule has 3 rings (SSSR count). The molecule has 1 aromatic rings. The SMILES string of the molecule is CCOC(=O)C1C2CC[C@@H](OC(=O)c3ccc([N+](=O)[O-])cc3)[C@@H]21. The molecule has 2 aliphatic carbocycles. The van der Waals surface area contributed by atoms with Gasteiger partial charge in [0.25, 0.3) is 5.69 Å². The molecule has 2 aliphatic rings. The van der Waals surface area contributed by atoms with E-state index >= 15 is 0 Å². The minimum atomic E-state index is -0.523. The number of benzene rings is 1. The van der Waals surface area contributed by atoms with Crippen molar-refractivity contribution in [2.45, 2.75) is 25.9 Å². The average Bonchev–Trinajstić information content (AvgIpc) is 3.13. The second-order valence-electron chi connectivity index (χ2n) is 5.84. The number of ether oxygens (including phenoxy) is 2. The summed E-state index contributed by atoms with van der Waals surface area (Å²) in [7, 11) is 0. The van der Waals surface area contributed by atoms with E-state index in [4.69, 9.17) is 9.47 Å². The van der Waals surface area contributed by atoms with E-state index in [0.717, 1.165) is 12.8 Å². The molecule has 0 saturated heterocycles. The molecule has 0 N–H and O–H groups in total. The molecule has 4 atom stereocenters. The maximum Gasteiger partial charge on any atom is 0.338 e. The fraction of sp³-hybridized carbons (Fsp3) is 0.500. The number of nitro groups is 1. The van der Waals surface area contributed by atoms with Crippen molar-refractivity contribution in [3.8, 4) is 0 Å². The van der Waals surface area contributed by atoms with Crippen LogP contribution < -0.4 is 0 Å². The van der Waals surface area contributed by atoms with Gasteiger partial charge in [0.05, 0.1) is 23.0 Å². The Morgan fingerprint density at radius 1 is 1.26 bits per heavy atom. The zero-order valence-electron chi connectivity index (χ0n) is 12.6. The molecule has 0 aliphatic heterocycles. The molecule has 23 heavy (non-hydrogen) atoms. The number of rotatable bonds is 5. The van der Waals surface area contributed by atoms with E-state index in [1.807, 2.05) is 0 Å². The summed E-state index contributed by atoms with van der Waals surface area (Å²) in [5, 5.41) is 10.6. The lowest BCUT2D eigenvalue weighted by molar-refractivity contribution is -0.384. The summed E-state index contributed by atoms with van der Waals surface area (Å²) in [5.41, 5.74) is 0.194. The van der Waals surface area contributed by atoms with Gasteiger partial charge in [-0.3, -0.25) is 14.9 Å². The number of non-ortho nitro benzene ring substituents is 1. The van der Waals surface area contributed by atoms with Gasteiger partial charge in [0.1, 0.15) is 6.10 Å². The summed E-state index contributed by atoms with van der Waals surface area (Å²) in [6.45, 7) is 2.12. The van der Waals surface area contributed by atoms with Crippen LogP contribution >= 0.6 is 0 Å². The maximum absolute atomic E-state index is 12.1. The smallest absolute Gasteiger partial charge is 0.338 e. The van der Waals surface area contributed by atoms with Gasteiger partial charge in [-0.1, -0.05) is 0 Å². The van der Waals surface area contributed by atoms with Crippen molar-refractivity contribution >= 4 is 17.6 Å². The van der Waals surface area contributed by atoms with Gasteiger partial charge in [0.15, 0.2) is 0 Å². The summed E-state index contributed by atoms with van der Waals surface area (Å²) >= 11 is 0. The first-order chi connectivity index (χ1) is 11.0. The number of hydrogen-bond acceptors (Lipinski definition) is 6. The molecule has 7 nitrogen and oxygen atoms in total. The van der Waals surface area contributed by atoms with Crippen LogP contribution in [0.2, 0.25) is 0 Å². The van der Waals surface area contributed by atoms with E-state index in [9.17, 15) is 19.7 Å². The molecular formula is C16H17NO6. The van der Waals surface area contributed by atoms with Crippen LogP contribution in [0.15, 0.2) is 24.3 Å². The minimum absolute atomic E-state index is 0.0519. The van der Waals surface area contributed by atoms with E-state index < -0.39 is 10.9 Å². The Labute approximate surface area is 132 Å². The highest BCUT2D eigenvalue weighted by Gasteiger charge is 2.63. The van der Waals surface area contributed by atoms with Crippen LogP contribution in [0, 0.1) is 27.9 Å². The molecule has 1 aromatic carbocycles.